The first-order valence-corrected chi connectivity index (χ1v) is 22.7. The van der Waals surface area contributed by atoms with Crippen LogP contribution in [0.1, 0.15) is 149 Å². The Bertz CT molecular complexity index is 1150. The molecule has 0 aromatic carbocycles. The Labute approximate surface area is 336 Å². The number of amides is 1. The van der Waals surface area contributed by atoms with Gasteiger partial charge < -0.3 is 46.0 Å². The summed E-state index contributed by atoms with van der Waals surface area (Å²) in [5.41, 5.74) is 0. The second-order valence-electron chi connectivity index (χ2n) is 15.0. The smallest absolute Gasteiger partial charge is 0.393 e. The van der Waals surface area contributed by atoms with Gasteiger partial charge in [0.25, 0.3) is 0 Å². The number of aliphatic hydroxyl groups is 7. The second-order valence-corrected chi connectivity index (χ2v) is 16.4. The Balaban J connectivity index is 2.61. The lowest BCUT2D eigenvalue weighted by Crippen LogP contribution is -2.64. The standard InChI is InChI=1S/C42H76NO12P/c1-3-5-7-9-11-13-15-16-17-18-20-21-23-25-27-29-33(44)31-36(46)43-34(35(45)30-28-26-24-22-19-14-12-10-8-6-4-2)32-54-56(52,53)55-42-40(50)38(48)37(47)39(49)41(42)51/h8,10,16-17,19,22,28,30,33-35,37-42,44-45,47-51H,3-7,9,11-15,18,20-21,23-27,29,31-32H2,1-2H3,(H,43,46)(H,52,53)/b10-8+,17-16-,22-19+,30-28+. The molecule has 9 N–H and O–H groups in total. The van der Waals surface area contributed by atoms with Crippen LogP contribution in [0.4, 0.5) is 0 Å². The molecule has 1 rings (SSSR count). The molecule has 0 aromatic rings. The number of carbonyl (C=O) groups is 1. The van der Waals surface area contributed by atoms with Crippen molar-refractivity contribution in [2.45, 2.75) is 204 Å². The number of nitrogens with one attached hydrogen (secondary N) is 1. The molecule has 1 aliphatic rings. The van der Waals surface area contributed by atoms with Crippen LogP contribution in [0.25, 0.3) is 0 Å². The number of rotatable bonds is 33. The van der Waals surface area contributed by atoms with Gasteiger partial charge in [-0.25, -0.2) is 4.57 Å². The van der Waals surface area contributed by atoms with Crippen LogP contribution in [-0.2, 0) is 18.4 Å². The van der Waals surface area contributed by atoms with Crippen molar-refractivity contribution in [2.24, 2.45) is 0 Å². The largest absolute Gasteiger partial charge is 0.472 e. The van der Waals surface area contributed by atoms with Gasteiger partial charge in [-0.15, -0.1) is 0 Å². The summed E-state index contributed by atoms with van der Waals surface area (Å²) in [7, 11) is -5.15. The highest BCUT2D eigenvalue weighted by Crippen LogP contribution is 2.47. The van der Waals surface area contributed by atoms with Crippen LogP contribution in [0.2, 0.25) is 0 Å². The van der Waals surface area contributed by atoms with E-state index in [2.05, 4.69) is 49.5 Å². The molecule has 1 fully saturated rings. The van der Waals surface area contributed by atoms with E-state index < -0.39 is 75.2 Å². The van der Waals surface area contributed by atoms with Crippen molar-refractivity contribution in [2.75, 3.05) is 6.61 Å². The summed E-state index contributed by atoms with van der Waals surface area (Å²) < 4.78 is 22.7. The minimum absolute atomic E-state index is 0.263. The van der Waals surface area contributed by atoms with Gasteiger partial charge in [0.05, 0.1) is 31.3 Å². The van der Waals surface area contributed by atoms with E-state index in [4.69, 9.17) is 9.05 Å². The van der Waals surface area contributed by atoms with E-state index in [1.165, 1.54) is 44.6 Å². The fourth-order valence-electron chi connectivity index (χ4n) is 6.33. The Morgan fingerprint density at radius 1 is 0.625 bits per heavy atom. The maximum Gasteiger partial charge on any atom is 0.472 e. The van der Waals surface area contributed by atoms with Gasteiger partial charge >= 0.3 is 7.82 Å². The molecule has 1 amide bonds. The Morgan fingerprint density at radius 2 is 1.09 bits per heavy atom. The highest BCUT2D eigenvalue weighted by molar-refractivity contribution is 7.47. The minimum atomic E-state index is -5.15. The summed E-state index contributed by atoms with van der Waals surface area (Å²) in [5, 5.41) is 74.1. The van der Waals surface area contributed by atoms with Crippen molar-refractivity contribution in [1.82, 2.24) is 5.32 Å². The lowest BCUT2D eigenvalue weighted by atomic mass is 9.85. The maximum absolute atomic E-state index is 12.9. The zero-order valence-electron chi connectivity index (χ0n) is 34.0. The summed E-state index contributed by atoms with van der Waals surface area (Å²) in [5.74, 6) is -0.616. The summed E-state index contributed by atoms with van der Waals surface area (Å²) in [6.07, 6.45) is 22.2. The van der Waals surface area contributed by atoms with Gasteiger partial charge in [-0.3, -0.25) is 13.8 Å². The van der Waals surface area contributed by atoms with Crippen LogP contribution >= 0.6 is 7.82 Å². The van der Waals surface area contributed by atoms with Gasteiger partial charge in [-0.1, -0.05) is 127 Å². The highest BCUT2D eigenvalue weighted by Gasteiger charge is 2.51. The van der Waals surface area contributed by atoms with Gasteiger partial charge in [0.15, 0.2) is 0 Å². The number of phosphoric acid groups is 1. The number of hydrogen-bond donors (Lipinski definition) is 9. The molecule has 8 unspecified atom stereocenters. The zero-order chi connectivity index (χ0) is 41.6. The van der Waals surface area contributed by atoms with Gasteiger partial charge in [0.2, 0.25) is 5.91 Å². The molecule has 1 aliphatic carbocycles. The van der Waals surface area contributed by atoms with Crippen molar-refractivity contribution in [3.63, 3.8) is 0 Å². The summed E-state index contributed by atoms with van der Waals surface area (Å²) in [6, 6.07) is -1.26. The quantitative estimate of drug-likeness (QED) is 0.0212. The molecule has 8 atom stereocenters. The van der Waals surface area contributed by atoms with Crippen molar-refractivity contribution in [3.8, 4) is 0 Å². The third-order valence-corrected chi connectivity index (χ3v) is 10.8. The monoisotopic (exact) mass is 818 g/mol. The van der Waals surface area contributed by atoms with Crippen molar-refractivity contribution in [3.05, 3.63) is 48.6 Å². The summed E-state index contributed by atoms with van der Waals surface area (Å²) >= 11 is 0. The van der Waals surface area contributed by atoms with Crippen LogP contribution in [0.15, 0.2) is 48.6 Å². The van der Waals surface area contributed by atoms with Crippen LogP contribution < -0.4 is 5.32 Å². The first-order valence-electron chi connectivity index (χ1n) is 21.2. The molecule has 14 heteroatoms. The Morgan fingerprint density at radius 3 is 1.64 bits per heavy atom. The Hall–Kier alpha value is -1.74. The lowest BCUT2D eigenvalue weighted by Gasteiger charge is -2.41. The molecule has 13 nitrogen and oxygen atoms in total. The second kappa shape index (κ2) is 32.2. The number of aliphatic hydroxyl groups excluding tert-OH is 7. The number of carbonyl (C=O) groups excluding carboxylic acids is 1. The van der Waals surface area contributed by atoms with Crippen LogP contribution in [0.3, 0.4) is 0 Å². The normalized spacial score (nSPS) is 24.7. The molecule has 0 spiro atoms. The van der Waals surface area contributed by atoms with Crippen molar-refractivity contribution in [1.29, 1.82) is 0 Å². The van der Waals surface area contributed by atoms with Gasteiger partial charge in [-0.05, 0) is 64.2 Å². The summed E-state index contributed by atoms with van der Waals surface area (Å²) in [4.78, 5) is 23.3. The van der Waals surface area contributed by atoms with Crippen LogP contribution in [0.5, 0.6) is 0 Å². The van der Waals surface area contributed by atoms with Gasteiger partial charge in [0.1, 0.15) is 36.6 Å². The molecule has 0 heterocycles. The topological polar surface area (TPSA) is 226 Å². The van der Waals surface area contributed by atoms with E-state index in [1.807, 2.05) is 6.08 Å². The number of allylic oxidation sites excluding steroid dienone is 7. The molecular formula is C42H76NO12P. The SMILES string of the molecule is CCC/C=C/CC/C=C/CC/C=C/C(O)C(COP(=O)(O)OC1C(O)C(O)C(O)C(O)C1O)NC(=O)CC(O)CCCCCCC/C=C\CCCCCCCC. The van der Waals surface area contributed by atoms with Gasteiger partial charge in [-0.2, -0.15) is 0 Å². The van der Waals surface area contributed by atoms with Crippen molar-refractivity contribution < 1.29 is 59.0 Å². The number of hydrogen-bond acceptors (Lipinski definition) is 11. The number of phosphoric ester groups is 1. The molecule has 0 radical (unpaired) electrons. The molecule has 0 aromatic heterocycles. The predicted molar refractivity (Wildman–Crippen MR) is 219 cm³/mol. The van der Waals surface area contributed by atoms with Crippen LogP contribution in [0, 0.1) is 0 Å². The van der Waals surface area contributed by atoms with Crippen LogP contribution in [-0.4, -0.2) is 108 Å². The molecule has 0 saturated heterocycles. The maximum atomic E-state index is 12.9. The van der Waals surface area contributed by atoms with E-state index in [1.54, 1.807) is 6.08 Å². The van der Waals surface area contributed by atoms with E-state index in [0.717, 1.165) is 70.6 Å². The average Bonchev–Trinajstić information content (AvgIpc) is 3.17. The van der Waals surface area contributed by atoms with E-state index in [-0.39, 0.29) is 6.42 Å². The Kier molecular flexibility index (Phi) is 30.0. The molecule has 0 aliphatic heterocycles. The molecule has 1 saturated carbocycles. The fraction of sp³-hybridized carbons (Fsp3) is 0.786. The molecule has 326 valence electrons. The fourth-order valence-corrected chi connectivity index (χ4v) is 7.30. The zero-order valence-corrected chi connectivity index (χ0v) is 34.9. The van der Waals surface area contributed by atoms with Crippen molar-refractivity contribution >= 4 is 13.7 Å². The predicted octanol–water partition coefficient (Wildman–Crippen LogP) is 5.97. The van der Waals surface area contributed by atoms with E-state index >= 15 is 0 Å². The first kappa shape index (κ1) is 52.3. The minimum Gasteiger partial charge on any atom is -0.393 e. The summed E-state index contributed by atoms with van der Waals surface area (Å²) in [6.45, 7) is 3.60. The molecular weight excluding hydrogens is 741 g/mol. The third-order valence-electron chi connectivity index (χ3n) is 9.85. The van der Waals surface area contributed by atoms with E-state index in [0.29, 0.717) is 19.3 Å². The third kappa shape index (κ3) is 24.2. The lowest BCUT2D eigenvalue weighted by molar-refractivity contribution is -0.220. The van der Waals surface area contributed by atoms with Gasteiger partial charge in [0, 0.05) is 0 Å². The number of unbranched alkanes of at least 4 members (excludes halogenated alkanes) is 14. The first-order chi connectivity index (χ1) is 26.8. The average molecular weight is 818 g/mol. The molecule has 56 heavy (non-hydrogen) atoms. The molecule has 0 bridgehead atoms. The highest BCUT2D eigenvalue weighted by atomic mass is 31.2. The van der Waals surface area contributed by atoms with E-state index in [9.17, 15) is 50.0 Å².